The molecule has 0 aliphatic carbocycles. The molecule has 3 heterocycles. The number of nitrogens with one attached hydrogen (secondary N) is 2. The number of rotatable bonds is 7. The van der Waals surface area contributed by atoms with Crippen molar-refractivity contribution in [3.05, 3.63) is 52.8 Å². The fourth-order valence-corrected chi connectivity index (χ4v) is 4.60. The molecule has 1 aliphatic heterocycles. The van der Waals surface area contributed by atoms with Crippen LogP contribution in [-0.4, -0.2) is 48.6 Å². The second kappa shape index (κ2) is 8.93. The van der Waals surface area contributed by atoms with Gasteiger partial charge in [-0.25, -0.2) is 32.7 Å². The number of benzene rings is 1. The highest BCUT2D eigenvalue weighted by molar-refractivity contribution is 7.89. The van der Waals surface area contributed by atoms with E-state index in [1.54, 1.807) is 6.07 Å². The van der Waals surface area contributed by atoms with Gasteiger partial charge in [0.15, 0.2) is 28.4 Å². The van der Waals surface area contributed by atoms with Crippen LogP contribution >= 0.6 is 0 Å². The molecule has 0 saturated heterocycles. The molecule has 0 amide bonds. The van der Waals surface area contributed by atoms with Gasteiger partial charge in [-0.2, -0.15) is 0 Å². The number of phenols is 1. The first-order valence-electron chi connectivity index (χ1n) is 11.0. The molecule has 186 valence electrons. The van der Waals surface area contributed by atoms with Crippen LogP contribution in [0.3, 0.4) is 0 Å². The van der Waals surface area contributed by atoms with Crippen LogP contribution in [0.15, 0.2) is 49.6 Å². The maximum absolute atomic E-state index is 12.7. The zero-order chi connectivity index (χ0) is 25.5. The second-order valence-corrected chi connectivity index (χ2v) is 11.6. The molecule has 1 aromatic carbocycles. The highest BCUT2D eigenvalue weighted by Gasteiger charge is 2.31. The maximum atomic E-state index is 12.7. The minimum atomic E-state index is -3.87. The van der Waals surface area contributed by atoms with Crippen molar-refractivity contribution in [2.45, 2.75) is 38.6 Å². The number of para-hydroxylation sites is 1. The number of phenolic OH excluding ortho intramolecular Hbond substituents is 1. The molecule has 0 bridgehead atoms. The van der Waals surface area contributed by atoms with E-state index in [4.69, 9.17) is 4.42 Å². The molecule has 35 heavy (non-hydrogen) atoms. The summed E-state index contributed by atoms with van der Waals surface area (Å²) in [5.74, 6) is 1.71. The van der Waals surface area contributed by atoms with E-state index in [9.17, 15) is 13.5 Å². The van der Waals surface area contributed by atoms with Crippen LogP contribution in [0.1, 0.15) is 38.3 Å². The lowest BCUT2D eigenvalue weighted by atomic mass is 9.85. The summed E-state index contributed by atoms with van der Waals surface area (Å²) in [5.41, 5.74) is 0.637. The summed E-state index contributed by atoms with van der Waals surface area (Å²) >= 11 is 0. The van der Waals surface area contributed by atoms with Crippen molar-refractivity contribution in [2.24, 2.45) is 15.4 Å². The number of hydrogen-bond donors (Lipinski definition) is 3. The summed E-state index contributed by atoms with van der Waals surface area (Å²) < 4.78 is 32.2. The van der Waals surface area contributed by atoms with E-state index in [0.717, 1.165) is 15.8 Å². The Kier molecular flexibility index (Phi) is 6.28. The summed E-state index contributed by atoms with van der Waals surface area (Å²) in [4.78, 5) is 17.5. The van der Waals surface area contributed by atoms with Gasteiger partial charge in [-0.3, -0.25) is 0 Å². The number of hydrogen-bond acceptors (Lipinski definition) is 10. The van der Waals surface area contributed by atoms with Crippen molar-refractivity contribution < 1.29 is 17.9 Å². The molecule has 0 saturated carbocycles. The lowest BCUT2D eigenvalue weighted by molar-refractivity contribution is 0.300. The van der Waals surface area contributed by atoms with Gasteiger partial charge in [0.05, 0.1) is 11.7 Å². The van der Waals surface area contributed by atoms with E-state index >= 15 is 0 Å². The summed E-state index contributed by atoms with van der Waals surface area (Å²) in [6, 6.07) is 7.96. The van der Waals surface area contributed by atoms with Crippen LogP contribution in [0.2, 0.25) is 0 Å². The quantitative estimate of drug-likeness (QED) is 0.420. The Bertz CT molecular complexity index is 1490. The van der Waals surface area contributed by atoms with Gasteiger partial charge in [-0.1, -0.05) is 26.8 Å². The molecule has 3 N–H and O–H groups in total. The van der Waals surface area contributed by atoms with Gasteiger partial charge in [0, 0.05) is 14.1 Å². The van der Waals surface area contributed by atoms with Crippen LogP contribution in [0.4, 0.5) is 17.3 Å². The molecular weight excluding hydrogens is 470 g/mol. The fourth-order valence-electron chi connectivity index (χ4n) is 3.60. The largest absolute Gasteiger partial charge is 0.504 e. The van der Waals surface area contributed by atoms with E-state index in [0.29, 0.717) is 16.8 Å². The molecule has 11 nitrogen and oxygen atoms in total. The van der Waals surface area contributed by atoms with E-state index in [-0.39, 0.29) is 34.5 Å². The Hall–Kier alpha value is -3.51. The number of anilines is 3. The molecule has 3 aromatic rings. The smallest absolute Gasteiger partial charge is 0.246 e. The number of aromatic nitrogens is 2. The molecule has 1 atom stereocenters. The van der Waals surface area contributed by atoms with Gasteiger partial charge in [-0.15, -0.1) is 0 Å². The summed E-state index contributed by atoms with van der Waals surface area (Å²) in [6.07, 6.45) is 0. The molecular formula is C23H29N7O4S. The summed E-state index contributed by atoms with van der Waals surface area (Å²) in [7, 11) is -1.07. The first kappa shape index (κ1) is 24.6. The van der Waals surface area contributed by atoms with Crippen molar-refractivity contribution in [1.82, 2.24) is 14.3 Å². The molecule has 0 fully saturated rings. The second-order valence-electron chi connectivity index (χ2n) is 9.48. The van der Waals surface area contributed by atoms with Gasteiger partial charge in [0.2, 0.25) is 10.0 Å². The topological polar surface area (TPSA) is 145 Å². The number of nitrogens with zero attached hydrogens (tertiary/aromatic N) is 5. The van der Waals surface area contributed by atoms with E-state index < -0.39 is 15.8 Å². The van der Waals surface area contributed by atoms with Crippen molar-refractivity contribution in [2.75, 3.05) is 31.4 Å². The fraction of sp³-hybridized carbons (Fsp3) is 0.391. The van der Waals surface area contributed by atoms with Gasteiger partial charge >= 0.3 is 0 Å². The van der Waals surface area contributed by atoms with Crippen LogP contribution in [0.5, 0.6) is 5.75 Å². The maximum Gasteiger partial charge on any atom is 0.246 e. The monoisotopic (exact) mass is 499 g/mol. The van der Waals surface area contributed by atoms with Crippen molar-refractivity contribution >= 4 is 27.3 Å². The highest BCUT2D eigenvalue weighted by atomic mass is 32.2. The standard InChI is InChI=1S/C23H29N7O4S/c1-13-10-11-15(34-13)18(23(2,3)4)27-22-21(28-19-20(29-22)25-12-24-19)26-14-8-7-9-16(17(14)31)35(32,33)30(5)6/h7-11,18,31H,12H2,1-6H3,(H,24,26,28)(H,25,27,29)/t18-/m0/s1. The predicted molar refractivity (Wildman–Crippen MR) is 131 cm³/mol. The van der Waals surface area contributed by atoms with Gasteiger partial charge in [-0.05, 0) is 36.6 Å². The summed E-state index contributed by atoms with van der Waals surface area (Å²) in [5, 5.41) is 17.3. The number of furan rings is 1. The van der Waals surface area contributed by atoms with Crippen LogP contribution < -0.4 is 21.6 Å². The number of aromatic hydroxyl groups is 1. The first-order chi connectivity index (χ1) is 16.4. The van der Waals surface area contributed by atoms with E-state index in [2.05, 4.69) is 51.4 Å². The average molecular weight is 500 g/mol. The Morgan fingerprint density at radius 1 is 1.06 bits per heavy atom. The van der Waals surface area contributed by atoms with Gasteiger partial charge in [0.25, 0.3) is 0 Å². The highest BCUT2D eigenvalue weighted by Crippen LogP contribution is 2.39. The molecule has 0 radical (unpaired) electrons. The van der Waals surface area contributed by atoms with Crippen LogP contribution in [-0.2, 0) is 10.0 Å². The third-order valence-corrected chi connectivity index (χ3v) is 7.35. The average Bonchev–Trinajstić information content (AvgIpc) is 3.40. The zero-order valence-corrected chi connectivity index (χ0v) is 21.3. The molecule has 4 rings (SSSR count). The Morgan fingerprint density at radius 2 is 1.71 bits per heavy atom. The molecule has 1 aliphatic rings. The van der Waals surface area contributed by atoms with Gasteiger partial charge in [0.1, 0.15) is 23.1 Å². The van der Waals surface area contributed by atoms with E-state index in [1.165, 1.54) is 26.2 Å². The van der Waals surface area contributed by atoms with Crippen LogP contribution in [0, 0.1) is 12.3 Å². The lowest BCUT2D eigenvalue weighted by Crippen LogP contribution is -2.33. The third-order valence-electron chi connectivity index (χ3n) is 5.50. The van der Waals surface area contributed by atoms with Gasteiger partial charge < -0.3 is 20.2 Å². The predicted octanol–water partition coefficient (Wildman–Crippen LogP) is 2.49. The molecule has 0 spiro atoms. The number of sulfonamides is 1. The Labute approximate surface area is 203 Å². The first-order valence-corrected chi connectivity index (χ1v) is 12.4. The third kappa shape index (κ3) is 4.84. The van der Waals surface area contributed by atoms with Crippen molar-refractivity contribution in [1.29, 1.82) is 0 Å². The molecule has 12 heteroatoms. The van der Waals surface area contributed by atoms with Crippen molar-refractivity contribution in [3.8, 4) is 5.75 Å². The van der Waals surface area contributed by atoms with Crippen molar-refractivity contribution in [3.63, 3.8) is 0 Å². The Morgan fingerprint density at radius 3 is 2.29 bits per heavy atom. The summed E-state index contributed by atoms with van der Waals surface area (Å²) in [6.45, 7) is 8.30. The van der Waals surface area contributed by atoms with E-state index in [1.807, 2.05) is 19.1 Å². The van der Waals surface area contributed by atoms with Crippen LogP contribution in [0.25, 0.3) is 0 Å². The SMILES string of the molecule is Cc1ccc([C@H](Nc2nc3c(nc2Nc2cccc(S(=O)(=O)N(C)C)c2O)=NCN=3)C(C)(C)C)o1. The minimum absolute atomic E-state index is 0.154. The normalized spacial score (nSPS) is 14.3. The lowest BCUT2D eigenvalue weighted by Gasteiger charge is -2.30. The zero-order valence-electron chi connectivity index (χ0n) is 20.5. The molecule has 2 aromatic heterocycles. The number of aryl methyl sites for hydroxylation is 1. The number of fused-ring (bicyclic) bond motifs is 1. The molecule has 0 unspecified atom stereocenters. The Balaban J connectivity index is 1.80. The minimum Gasteiger partial charge on any atom is -0.504 e.